The molecule has 3 heterocycles. The van der Waals surface area contributed by atoms with E-state index in [-0.39, 0.29) is 0 Å². The summed E-state index contributed by atoms with van der Waals surface area (Å²) >= 11 is 0. The number of anilines is 2. The lowest BCUT2D eigenvalue weighted by molar-refractivity contribution is 0.376. The minimum Gasteiger partial charge on any atom is -0.374 e. The number of nitrogens with zero attached hydrogens (tertiary/aromatic N) is 6. The fraction of sp³-hybridized carbons (Fsp3) is 0.450. The number of rotatable bonds is 3. The number of aliphatic imine (C=N–C) groups is 1. The van der Waals surface area contributed by atoms with Gasteiger partial charge in [0.05, 0.1) is 0 Å². The van der Waals surface area contributed by atoms with E-state index < -0.39 is 0 Å². The van der Waals surface area contributed by atoms with Gasteiger partial charge in [0.1, 0.15) is 0 Å². The van der Waals surface area contributed by atoms with Crippen molar-refractivity contribution < 1.29 is 0 Å². The Labute approximate surface area is 160 Å². The Kier molecular flexibility index (Phi) is 5.09. The zero-order valence-corrected chi connectivity index (χ0v) is 15.8. The van der Waals surface area contributed by atoms with Gasteiger partial charge in [-0.2, -0.15) is 0 Å². The summed E-state index contributed by atoms with van der Waals surface area (Å²) in [6.07, 6.45) is 4.63. The number of hydrogen-bond acceptors (Lipinski definition) is 5. The Morgan fingerprint density at radius 2 is 1.85 bits per heavy atom. The van der Waals surface area contributed by atoms with Gasteiger partial charge in [0.15, 0.2) is 5.96 Å². The molecule has 142 valence electrons. The van der Waals surface area contributed by atoms with Gasteiger partial charge in [0.25, 0.3) is 0 Å². The fourth-order valence-corrected chi connectivity index (χ4v) is 3.95. The van der Waals surface area contributed by atoms with Crippen LogP contribution in [-0.4, -0.2) is 67.1 Å². The van der Waals surface area contributed by atoms with Crippen LogP contribution in [0.15, 0.2) is 47.7 Å². The van der Waals surface area contributed by atoms with E-state index in [2.05, 4.69) is 56.0 Å². The maximum absolute atomic E-state index is 6.29. The third-order valence-electron chi connectivity index (χ3n) is 5.39. The molecule has 27 heavy (non-hydrogen) atoms. The first-order valence-electron chi connectivity index (χ1n) is 9.56. The molecule has 2 aliphatic rings. The number of fused-ring (bicyclic) bond motifs is 1. The molecule has 0 saturated carbocycles. The summed E-state index contributed by atoms with van der Waals surface area (Å²) in [5.74, 6) is 1.95. The van der Waals surface area contributed by atoms with Crippen LogP contribution in [0.3, 0.4) is 0 Å². The highest BCUT2D eigenvalue weighted by atomic mass is 15.4. The van der Waals surface area contributed by atoms with E-state index in [0.29, 0.717) is 11.9 Å². The number of hydrogen-bond donors (Lipinski definition) is 1. The molecule has 1 fully saturated rings. The van der Waals surface area contributed by atoms with Crippen LogP contribution in [0.4, 0.5) is 11.6 Å². The number of para-hydroxylation sites is 1. The van der Waals surface area contributed by atoms with E-state index >= 15 is 0 Å². The first kappa shape index (κ1) is 17.6. The normalized spacial score (nSPS) is 20.6. The molecule has 0 amide bonds. The van der Waals surface area contributed by atoms with Crippen molar-refractivity contribution in [2.45, 2.75) is 6.42 Å². The van der Waals surface area contributed by atoms with Gasteiger partial charge in [-0.25, -0.2) is 9.97 Å². The first-order valence-corrected chi connectivity index (χ1v) is 9.56. The van der Waals surface area contributed by atoms with Gasteiger partial charge in [-0.15, -0.1) is 0 Å². The van der Waals surface area contributed by atoms with Crippen LogP contribution < -0.4 is 15.5 Å². The van der Waals surface area contributed by atoms with Crippen molar-refractivity contribution in [2.24, 2.45) is 16.6 Å². The van der Waals surface area contributed by atoms with E-state index in [9.17, 15) is 0 Å². The molecule has 0 bridgehead atoms. The highest BCUT2D eigenvalue weighted by Gasteiger charge is 2.23. The Balaban J connectivity index is 1.32. The smallest absolute Gasteiger partial charge is 0.225 e. The van der Waals surface area contributed by atoms with Crippen LogP contribution in [0.25, 0.3) is 0 Å². The molecule has 1 aromatic carbocycles. The quantitative estimate of drug-likeness (QED) is 0.651. The highest BCUT2D eigenvalue weighted by molar-refractivity contribution is 5.78. The summed E-state index contributed by atoms with van der Waals surface area (Å²) in [6, 6.07) is 10.5. The summed E-state index contributed by atoms with van der Waals surface area (Å²) in [6.45, 7) is 5.21. The molecule has 2 aromatic rings. The molecule has 1 atom stereocenters. The molecular formula is C20H27N7. The van der Waals surface area contributed by atoms with Gasteiger partial charge in [0.2, 0.25) is 5.95 Å². The Morgan fingerprint density at radius 1 is 1.11 bits per heavy atom. The van der Waals surface area contributed by atoms with Gasteiger partial charge in [-0.1, -0.05) is 18.2 Å². The Morgan fingerprint density at radius 3 is 2.63 bits per heavy atom. The van der Waals surface area contributed by atoms with Crippen LogP contribution in [0, 0.1) is 5.92 Å². The first-order chi connectivity index (χ1) is 13.2. The molecule has 4 rings (SSSR count). The number of guanidine groups is 1. The summed E-state index contributed by atoms with van der Waals surface area (Å²) < 4.78 is 0. The van der Waals surface area contributed by atoms with E-state index in [1.165, 1.54) is 11.3 Å². The lowest BCUT2D eigenvalue weighted by atomic mass is 9.93. The van der Waals surface area contributed by atoms with Gasteiger partial charge in [0, 0.05) is 70.3 Å². The maximum Gasteiger partial charge on any atom is 0.225 e. The van der Waals surface area contributed by atoms with E-state index in [4.69, 9.17) is 10.7 Å². The van der Waals surface area contributed by atoms with E-state index in [0.717, 1.165) is 51.6 Å². The van der Waals surface area contributed by atoms with Crippen molar-refractivity contribution in [3.8, 4) is 0 Å². The number of benzene rings is 1. The summed E-state index contributed by atoms with van der Waals surface area (Å²) in [5, 5.41) is 0. The van der Waals surface area contributed by atoms with E-state index in [1.54, 1.807) is 12.4 Å². The Bertz CT molecular complexity index is 784. The third kappa shape index (κ3) is 3.97. The average molecular weight is 365 g/mol. The standard InChI is InChI=1S/C20H27N7/c1-25-15-16(13-17-5-2-3-6-18(17)25)14-24-19(21)26-9-11-27(12-10-26)20-22-7-4-8-23-20/h2-8,16H,9-15H2,1H3,(H2,21,24). The topological polar surface area (TPSA) is 73.9 Å². The lowest BCUT2D eigenvalue weighted by Gasteiger charge is -2.36. The predicted molar refractivity (Wildman–Crippen MR) is 109 cm³/mol. The monoisotopic (exact) mass is 365 g/mol. The Hall–Kier alpha value is -2.83. The minimum atomic E-state index is 0.502. The second-order valence-corrected chi connectivity index (χ2v) is 7.30. The summed E-state index contributed by atoms with van der Waals surface area (Å²) in [7, 11) is 2.16. The van der Waals surface area contributed by atoms with Crippen LogP contribution in [0.2, 0.25) is 0 Å². The third-order valence-corrected chi connectivity index (χ3v) is 5.39. The average Bonchev–Trinajstić information content (AvgIpc) is 2.73. The zero-order chi connectivity index (χ0) is 18.6. The molecule has 2 aliphatic heterocycles. The van der Waals surface area contributed by atoms with Crippen molar-refractivity contribution in [3.05, 3.63) is 48.3 Å². The second kappa shape index (κ2) is 7.82. The molecule has 0 aliphatic carbocycles. The molecule has 0 radical (unpaired) electrons. The second-order valence-electron chi connectivity index (χ2n) is 7.30. The molecule has 0 spiro atoms. The summed E-state index contributed by atoms with van der Waals surface area (Å²) in [5.41, 5.74) is 9.03. The molecule has 7 heteroatoms. The van der Waals surface area contributed by atoms with Crippen molar-refractivity contribution in [1.82, 2.24) is 14.9 Å². The number of nitrogens with two attached hydrogens (primary N) is 1. The molecule has 1 unspecified atom stereocenters. The minimum absolute atomic E-state index is 0.502. The van der Waals surface area contributed by atoms with Crippen molar-refractivity contribution in [3.63, 3.8) is 0 Å². The number of piperazine rings is 1. The summed E-state index contributed by atoms with van der Waals surface area (Å²) in [4.78, 5) is 20.1. The van der Waals surface area contributed by atoms with Crippen LogP contribution in [0.1, 0.15) is 5.56 Å². The van der Waals surface area contributed by atoms with Gasteiger partial charge < -0.3 is 20.4 Å². The van der Waals surface area contributed by atoms with E-state index in [1.807, 2.05) is 6.07 Å². The van der Waals surface area contributed by atoms with Crippen molar-refractivity contribution in [2.75, 3.05) is 56.1 Å². The molecule has 1 aromatic heterocycles. The largest absolute Gasteiger partial charge is 0.374 e. The fourth-order valence-electron chi connectivity index (χ4n) is 3.95. The maximum atomic E-state index is 6.29. The van der Waals surface area contributed by atoms with Gasteiger partial charge >= 0.3 is 0 Å². The molecule has 1 saturated heterocycles. The zero-order valence-electron chi connectivity index (χ0n) is 15.8. The van der Waals surface area contributed by atoms with Crippen LogP contribution in [-0.2, 0) is 6.42 Å². The highest BCUT2D eigenvalue weighted by Crippen LogP contribution is 2.28. The molecule has 7 nitrogen and oxygen atoms in total. The van der Waals surface area contributed by atoms with Crippen LogP contribution in [0.5, 0.6) is 0 Å². The van der Waals surface area contributed by atoms with Crippen LogP contribution >= 0.6 is 0 Å². The molecular weight excluding hydrogens is 338 g/mol. The van der Waals surface area contributed by atoms with Crippen molar-refractivity contribution >= 4 is 17.6 Å². The van der Waals surface area contributed by atoms with Gasteiger partial charge in [-0.3, -0.25) is 4.99 Å². The lowest BCUT2D eigenvalue weighted by Crippen LogP contribution is -2.51. The SMILES string of the molecule is CN1CC(CN=C(N)N2CCN(c3ncccn3)CC2)Cc2ccccc21. The van der Waals surface area contributed by atoms with Crippen molar-refractivity contribution in [1.29, 1.82) is 0 Å². The number of aromatic nitrogens is 2. The predicted octanol–water partition coefficient (Wildman–Crippen LogP) is 1.22. The van der Waals surface area contributed by atoms with Gasteiger partial charge in [-0.05, 0) is 24.1 Å². The molecule has 2 N–H and O–H groups in total.